The molecule has 5 heteroatoms. The minimum Gasteiger partial charge on any atom is -0.507 e. The molecule has 4 nitrogen and oxygen atoms in total. The van der Waals surface area contributed by atoms with Crippen molar-refractivity contribution in [2.24, 2.45) is 0 Å². The Bertz CT molecular complexity index is 462. The number of rotatable bonds is 1. The molecular formula is C11H14NO3P. The monoisotopic (exact) mass is 239 g/mol. The lowest BCUT2D eigenvalue weighted by Gasteiger charge is -2.22. The number of fused-ring (bicyclic) bond motifs is 1. The molecule has 16 heavy (non-hydrogen) atoms. The zero-order valence-corrected chi connectivity index (χ0v) is 9.77. The van der Waals surface area contributed by atoms with E-state index in [-0.39, 0.29) is 11.8 Å². The Kier molecular flexibility index (Phi) is 2.32. The zero-order valence-electron chi connectivity index (χ0n) is 8.87. The molecule has 0 spiro atoms. The molecule has 2 heterocycles. The molecule has 0 unspecified atom stereocenters. The third-order valence-electron chi connectivity index (χ3n) is 3.31. The molecule has 2 aliphatic heterocycles. The van der Waals surface area contributed by atoms with Gasteiger partial charge in [0.25, 0.3) is 0 Å². The van der Waals surface area contributed by atoms with Crippen molar-refractivity contribution in [2.75, 3.05) is 13.2 Å². The fraction of sp³-hybridized carbons (Fsp3) is 0.455. The van der Waals surface area contributed by atoms with Crippen LogP contribution >= 0.6 is 7.52 Å². The average molecular weight is 239 g/mol. The Morgan fingerprint density at radius 3 is 3.06 bits per heavy atom. The summed E-state index contributed by atoms with van der Waals surface area (Å²) in [4.78, 5) is 0. The molecule has 1 N–H and O–H groups in total. The van der Waals surface area contributed by atoms with E-state index in [4.69, 9.17) is 4.52 Å². The van der Waals surface area contributed by atoms with E-state index in [1.165, 1.54) is 0 Å². The maximum atomic E-state index is 12.8. The number of hydrogen-bond acceptors (Lipinski definition) is 3. The normalized spacial score (nSPS) is 34.1. The summed E-state index contributed by atoms with van der Waals surface area (Å²) < 4.78 is 20.2. The van der Waals surface area contributed by atoms with Gasteiger partial charge in [-0.05, 0) is 25.0 Å². The summed E-state index contributed by atoms with van der Waals surface area (Å²) in [5, 5.41) is 10.2. The van der Waals surface area contributed by atoms with E-state index in [0.717, 1.165) is 19.4 Å². The Morgan fingerprint density at radius 2 is 2.25 bits per heavy atom. The lowest BCUT2D eigenvalue weighted by molar-refractivity contribution is 0.330. The summed E-state index contributed by atoms with van der Waals surface area (Å²) >= 11 is 0. The molecule has 2 aliphatic rings. The molecule has 1 aromatic carbocycles. The van der Waals surface area contributed by atoms with E-state index in [9.17, 15) is 9.67 Å². The number of phenolic OH excluding ortho intramolecular Hbond substituents is 1. The second-order valence-corrected chi connectivity index (χ2v) is 6.56. The molecule has 0 amide bonds. The standard InChI is InChI=1S/C11H14NO3P/c13-10-5-1-2-6-11(10)16(14)12-7-3-4-9(12)8-15-16/h1-2,5-6,9,13H,3-4,7-8H2/t9-,16+/m0/s1. The Morgan fingerprint density at radius 1 is 1.44 bits per heavy atom. The summed E-state index contributed by atoms with van der Waals surface area (Å²) in [6, 6.07) is 7.02. The molecule has 2 atom stereocenters. The van der Waals surface area contributed by atoms with Crippen molar-refractivity contribution in [3.05, 3.63) is 24.3 Å². The van der Waals surface area contributed by atoms with Crippen LogP contribution in [0.4, 0.5) is 0 Å². The first-order valence-electron chi connectivity index (χ1n) is 5.52. The molecule has 1 aromatic rings. The average Bonchev–Trinajstić information content (AvgIpc) is 2.84. The number of phenols is 1. The van der Waals surface area contributed by atoms with Crippen LogP contribution in [-0.4, -0.2) is 29.0 Å². The number of para-hydroxylation sites is 1. The molecule has 0 saturated carbocycles. The number of benzene rings is 1. The summed E-state index contributed by atoms with van der Waals surface area (Å²) in [6.07, 6.45) is 2.10. The maximum absolute atomic E-state index is 12.8. The smallest absolute Gasteiger partial charge is 0.306 e. The van der Waals surface area contributed by atoms with Crippen molar-refractivity contribution < 1.29 is 14.2 Å². The molecule has 0 bridgehead atoms. The number of hydrogen-bond donors (Lipinski definition) is 1. The molecule has 86 valence electrons. The second-order valence-electron chi connectivity index (χ2n) is 4.26. The van der Waals surface area contributed by atoms with Crippen molar-refractivity contribution >= 4 is 12.8 Å². The van der Waals surface area contributed by atoms with Crippen LogP contribution in [0, 0.1) is 0 Å². The minimum absolute atomic E-state index is 0.0679. The van der Waals surface area contributed by atoms with Gasteiger partial charge in [-0.15, -0.1) is 0 Å². The molecule has 2 saturated heterocycles. The lowest BCUT2D eigenvalue weighted by Crippen LogP contribution is -2.24. The van der Waals surface area contributed by atoms with Gasteiger partial charge < -0.3 is 9.63 Å². The van der Waals surface area contributed by atoms with Crippen LogP contribution in [0.2, 0.25) is 0 Å². The largest absolute Gasteiger partial charge is 0.507 e. The van der Waals surface area contributed by atoms with Crippen LogP contribution in [0.25, 0.3) is 0 Å². The van der Waals surface area contributed by atoms with Gasteiger partial charge in [-0.25, -0.2) is 4.67 Å². The van der Waals surface area contributed by atoms with Crippen LogP contribution in [0.1, 0.15) is 12.8 Å². The van der Waals surface area contributed by atoms with Crippen molar-refractivity contribution in [3.63, 3.8) is 0 Å². The SMILES string of the molecule is O=[P@]1(c2ccccc2O)OC[C@@H]2CCCN21. The van der Waals surface area contributed by atoms with E-state index in [1.54, 1.807) is 24.3 Å². The first-order valence-corrected chi connectivity index (χ1v) is 7.10. The van der Waals surface area contributed by atoms with Crippen LogP contribution in [-0.2, 0) is 9.09 Å². The van der Waals surface area contributed by atoms with E-state index in [2.05, 4.69) is 0 Å². The van der Waals surface area contributed by atoms with Gasteiger partial charge in [-0.2, -0.15) is 0 Å². The van der Waals surface area contributed by atoms with Gasteiger partial charge in [-0.3, -0.25) is 4.57 Å². The molecule has 2 fully saturated rings. The molecule has 0 aromatic heterocycles. The van der Waals surface area contributed by atoms with Gasteiger partial charge in [0.1, 0.15) is 5.75 Å². The van der Waals surface area contributed by atoms with Crippen LogP contribution in [0.3, 0.4) is 0 Å². The predicted molar refractivity (Wildman–Crippen MR) is 61.0 cm³/mol. The van der Waals surface area contributed by atoms with Crippen LogP contribution in [0.5, 0.6) is 5.75 Å². The molecule has 3 rings (SSSR count). The summed E-state index contributed by atoms with van der Waals surface area (Å²) in [5.41, 5.74) is 0. The summed E-state index contributed by atoms with van der Waals surface area (Å²) in [6.45, 7) is 1.32. The van der Waals surface area contributed by atoms with Gasteiger partial charge in [0, 0.05) is 12.6 Å². The second kappa shape index (κ2) is 3.59. The predicted octanol–water partition coefficient (Wildman–Crippen LogP) is 1.71. The minimum atomic E-state index is -2.98. The van der Waals surface area contributed by atoms with Gasteiger partial charge >= 0.3 is 7.52 Å². The highest BCUT2D eigenvalue weighted by Crippen LogP contribution is 2.59. The van der Waals surface area contributed by atoms with Crippen LogP contribution < -0.4 is 5.30 Å². The highest BCUT2D eigenvalue weighted by Gasteiger charge is 2.48. The first kappa shape index (κ1) is 10.3. The maximum Gasteiger partial charge on any atom is 0.306 e. The van der Waals surface area contributed by atoms with Gasteiger partial charge in [0.2, 0.25) is 0 Å². The third kappa shape index (κ3) is 1.34. The fourth-order valence-corrected chi connectivity index (χ4v) is 5.10. The van der Waals surface area contributed by atoms with Crippen LogP contribution in [0.15, 0.2) is 24.3 Å². The highest BCUT2D eigenvalue weighted by atomic mass is 31.2. The third-order valence-corrected chi connectivity index (χ3v) is 6.00. The molecule has 0 aliphatic carbocycles. The Balaban J connectivity index is 2.06. The number of nitrogens with zero attached hydrogens (tertiary/aromatic N) is 1. The van der Waals surface area contributed by atoms with Gasteiger partial charge in [0.15, 0.2) is 0 Å². The fourth-order valence-electron chi connectivity index (χ4n) is 2.51. The number of aromatic hydroxyl groups is 1. The van der Waals surface area contributed by atoms with Crippen molar-refractivity contribution in [1.82, 2.24) is 4.67 Å². The summed E-state index contributed by atoms with van der Waals surface area (Å²) in [7, 11) is -2.98. The van der Waals surface area contributed by atoms with E-state index < -0.39 is 7.52 Å². The Hall–Kier alpha value is -0.830. The lowest BCUT2D eigenvalue weighted by atomic mass is 10.2. The Labute approximate surface area is 94.3 Å². The summed E-state index contributed by atoms with van der Waals surface area (Å²) in [5.74, 6) is 0.0679. The zero-order chi connectivity index (χ0) is 11.2. The van der Waals surface area contributed by atoms with Crippen molar-refractivity contribution in [1.29, 1.82) is 0 Å². The van der Waals surface area contributed by atoms with Gasteiger partial charge in [0.05, 0.1) is 11.9 Å². The molecule has 0 radical (unpaired) electrons. The topological polar surface area (TPSA) is 49.8 Å². The highest BCUT2D eigenvalue weighted by molar-refractivity contribution is 7.65. The van der Waals surface area contributed by atoms with Crippen molar-refractivity contribution in [3.8, 4) is 5.75 Å². The molecular weight excluding hydrogens is 225 g/mol. The first-order chi connectivity index (χ1) is 7.72. The van der Waals surface area contributed by atoms with E-state index in [1.807, 2.05) is 4.67 Å². The van der Waals surface area contributed by atoms with E-state index >= 15 is 0 Å². The van der Waals surface area contributed by atoms with E-state index in [0.29, 0.717) is 11.9 Å². The van der Waals surface area contributed by atoms with Crippen molar-refractivity contribution in [2.45, 2.75) is 18.9 Å². The van der Waals surface area contributed by atoms with Gasteiger partial charge in [-0.1, -0.05) is 12.1 Å². The quantitative estimate of drug-likeness (QED) is 0.758.